The van der Waals surface area contributed by atoms with Crippen LogP contribution in [0.2, 0.25) is 5.02 Å². The maximum absolute atomic E-state index is 13.9. The molecule has 1 atom stereocenters. The molecule has 188 valence electrons. The van der Waals surface area contributed by atoms with Crippen LogP contribution in [0.25, 0.3) is 10.2 Å². The predicted octanol–water partition coefficient (Wildman–Crippen LogP) is 3.92. The molecule has 0 N–H and O–H groups in total. The number of thiazole rings is 1. The molecular weight excluding hydrogens is 528 g/mol. The van der Waals surface area contributed by atoms with E-state index in [1.807, 2.05) is 12.1 Å². The number of hydrogen-bond acceptors (Lipinski definition) is 8. The SMILES string of the molecule is O=C(C1CCCN1S(=O)(=O)c1cccs1)N(CCCN1CCOCC1)c1nc2ccc(Cl)cc2s1. The molecule has 1 amide bonds. The summed E-state index contributed by atoms with van der Waals surface area (Å²) < 4.78 is 34.5. The number of carbonyl (C=O) groups is 1. The van der Waals surface area contributed by atoms with Crippen molar-refractivity contribution in [3.05, 3.63) is 40.7 Å². The average molecular weight is 555 g/mol. The lowest BCUT2D eigenvalue weighted by Gasteiger charge is -2.30. The Morgan fingerprint density at radius 3 is 2.83 bits per heavy atom. The molecular formula is C23H27ClN4O4S3. The van der Waals surface area contributed by atoms with Gasteiger partial charge in [-0.25, -0.2) is 13.4 Å². The molecule has 35 heavy (non-hydrogen) atoms. The summed E-state index contributed by atoms with van der Waals surface area (Å²) in [5.74, 6) is -0.213. The topological polar surface area (TPSA) is 83.1 Å². The number of halogens is 1. The fourth-order valence-electron chi connectivity index (χ4n) is 4.56. The number of rotatable bonds is 8. The summed E-state index contributed by atoms with van der Waals surface area (Å²) in [7, 11) is -3.73. The molecule has 5 rings (SSSR count). The fraction of sp³-hybridized carbons (Fsp3) is 0.478. The number of hydrogen-bond donors (Lipinski definition) is 0. The molecule has 2 aromatic heterocycles. The van der Waals surface area contributed by atoms with Crippen LogP contribution in [0.4, 0.5) is 5.13 Å². The van der Waals surface area contributed by atoms with Crippen molar-refractivity contribution in [3.8, 4) is 0 Å². The second kappa shape index (κ2) is 10.8. The third kappa shape index (κ3) is 5.41. The first-order valence-electron chi connectivity index (χ1n) is 11.7. The van der Waals surface area contributed by atoms with Crippen LogP contribution < -0.4 is 4.90 Å². The minimum atomic E-state index is -3.73. The van der Waals surface area contributed by atoms with Crippen LogP contribution in [0.5, 0.6) is 0 Å². The van der Waals surface area contributed by atoms with Gasteiger partial charge < -0.3 is 4.74 Å². The third-order valence-corrected chi connectivity index (χ3v) is 10.9. The van der Waals surface area contributed by atoms with E-state index in [1.165, 1.54) is 27.0 Å². The molecule has 1 unspecified atom stereocenters. The van der Waals surface area contributed by atoms with Crippen molar-refractivity contribution in [2.45, 2.75) is 29.5 Å². The molecule has 12 heteroatoms. The number of anilines is 1. The number of ether oxygens (including phenoxy) is 1. The Balaban J connectivity index is 1.41. The number of amides is 1. The molecule has 8 nitrogen and oxygen atoms in total. The van der Waals surface area contributed by atoms with Gasteiger partial charge in [0.15, 0.2) is 5.13 Å². The highest BCUT2D eigenvalue weighted by molar-refractivity contribution is 7.91. The van der Waals surface area contributed by atoms with Gasteiger partial charge in [-0.1, -0.05) is 29.0 Å². The lowest BCUT2D eigenvalue weighted by Crippen LogP contribution is -2.48. The van der Waals surface area contributed by atoms with E-state index in [9.17, 15) is 13.2 Å². The van der Waals surface area contributed by atoms with E-state index in [4.69, 9.17) is 21.3 Å². The van der Waals surface area contributed by atoms with Crippen LogP contribution in [-0.4, -0.2) is 80.5 Å². The van der Waals surface area contributed by atoms with Gasteiger partial charge in [0.1, 0.15) is 10.3 Å². The minimum absolute atomic E-state index is 0.213. The highest BCUT2D eigenvalue weighted by Crippen LogP contribution is 2.34. The Morgan fingerprint density at radius 2 is 2.06 bits per heavy atom. The summed E-state index contributed by atoms with van der Waals surface area (Å²) in [6, 6.07) is 8.05. The second-order valence-electron chi connectivity index (χ2n) is 8.61. The number of benzene rings is 1. The molecule has 0 radical (unpaired) electrons. The molecule has 0 bridgehead atoms. The summed E-state index contributed by atoms with van der Waals surface area (Å²) in [6.45, 7) is 4.84. The number of fused-ring (bicyclic) bond motifs is 1. The highest BCUT2D eigenvalue weighted by Gasteiger charge is 2.42. The smallest absolute Gasteiger partial charge is 0.253 e. The molecule has 2 aliphatic rings. The lowest BCUT2D eigenvalue weighted by atomic mass is 10.2. The quantitative estimate of drug-likeness (QED) is 0.420. The molecule has 0 aliphatic carbocycles. The van der Waals surface area contributed by atoms with Gasteiger partial charge in [-0.2, -0.15) is 4.31 Å². The van der Waals surface area contributed by atoms with E-state index in [0.29, 0.717) is 36.1 Å². The second-order valence-corrected chi connectivity index (χ2v) is 13.1. The first-order chi connectivity index (χ1) is 16.9. The Bertz CT molecular complexity index is 1280. The van der Waals surface area contributed by atoms with E-state index < -0.39 is 16.1 Å². The normalized spacial score (nSPS) is 20.0. The van der Waals surface area contributed by atoms with Crippen molar-refractivity contribution in [1.29, 1.82) is 0 Å². The maximum Gasteiger partial charge on any atom is 0.253 e. The molecule has 2 saturated heterocycles. The van der Waals surface area contributed by atoms with E-state index in [-0.39, 0.29) is 10.1 Å². The largest absolute Gasteiger partial charge is 0.379 e. The molecule has 2 aliphatic heterocycles. The van der Waals surface area contributed by atoms with Crippen molar-refractivity contribution in [2.75, 3.05) is 50.8 Å². The van der Waals surface area contributed by atoms with Gasteiger partial charge in [0.05, 0.1) is 23.4 Å². The van der Waals surface area contributed by atoms with Gasteiger partial charge in [-0.3, -0.25) is 14.6 Å². The van der Waals surface area contributed by atoms with Crippen LogP contribution in [0, 0.1) is 0 Å². The molecule has 3 aromatic rings. The summed E-state index contributed by atoms with van der Waals surface area (Å²) in [4.78, 5) is 22.7. The Morgan fingerprint density at radius 1 is 1.23 bits per heavy atom. The summed E-state index contributed by atoms with van der Waals surface area (Å²) in [5, 5.41) is 2.93. The van der Waals surface area contributed by atoms with Crippen LogP contribution in [0.3, 0.4) is 0 Å². The lowest BCUT2D eigenvalue weighted by molar-refractivity contribution is -0.121. The van der Waals surface area contributed by atoms with Crippen LogP contribution >= 0.6 is 34.3 Å². The molecule has 0 spiro atoms. The van der Waals surface area contributed by atoms with Crippen LogP contribution in [0.1, 0.15) is 19.3 Å². The van der Waals surface area contributed by atoms with E-state index >= 15 is 0 Å². The zero-order valence-electron chi connectivity index (χ0n) is 19.1. The Kier molecular flexibility index (Phi) is 7.73. The van der Waals surface area contributed by atoms with Gasteiger partial charge in [0.25, 0.3) is 10.0 Å². The van der Waals surface area contributed by atoms with E-state index in [2.05, 4.69) is 4.90 Å². The highest BCUT2D eigenvalue weighted by atomic mass is 35.5. The minimum Gasteiger partial charge on any atom is -0.379 e. The monoisotopic (exact) mass is 554 g/mol. The number of thiophene rings is 1. The van der Waals surface area contributed by atoms with Gasteiger partial charge in [0.2, 0.25) is 5.91 Å². The number of nitrogens with zero attached hydrogens (tertiary/aromatic N) is 4. The van der Waals surface area contributed by atoms with E-state index in [1.54, 1.807) is 28.5 Å². The Hall–Kier alpha value is -1.60. The van der Waals surface area contributed by atoms with Gasteiger partial charge >= 0.3 is 0 Å². The zero-order chi connectivity index (χ0) is 24.4. The number of aromatic nitrogens is 1. The third-order valence-electron chi connectivity index (χ3n) is 6.34. The number of carbonyl (C=O) groups excluding carboxylic acids is 1. The van der Waals surface area contributed by atoms with Crippen LogP contribution in [0.15, 0.2) is 39.9 Å². The first kappa shape index (κ1) is 25.1. The van der Waals surface area contributed by atoms with Gasteiger partial charge in [-0.15, -0.1) is 11.3 Å². The van der Waals surface area contributed by atoms with E-state index in [0.717, 1.165) is 49.5 Å². The average Bonchev–Trinajstić information content (AvgIpc) is 3.62. The van der Waals surface area contributed by atoms with Crippen molar-refractivity contribution in [3.63, 3.8) is 0 Å². The molecule has 1 aromatic carbocycles. The standard InChI is InChI=1S/C23H27ClN4O4S3/c24-17-6-7-18-20(16-17)34-23(25-18)27(9-3-8-26-11-13-32-14-12-26)22(29)19-4-1-10-28(19)35(30,31)21-5-2-15-33-21/h2,5-7,15-16,19H,1,3-4,8-14H2. The first-order valence-corrected chi connectivity index (χ1v) is 15.2. The molecule has 4 heterocycles. The van der Waals surface area contributed by atoms with Crippen molar-refractivity contribution in [2.24, 2.45) is 0 Å². The maximum atomic E-state index is 13.9. The number of sulfonamides is 1. The predicted molar refractivity (Wildman–Crippen MR) is 140 cm³/mol. The van der Waals surface area contributed by atoms with Crippen LogP contribution in [-0.2, 0) is 19.6 Å². The van der Waals surface area contributed by atoms with Crippen molar-refractivity contribution < 1.29 is 17.9 Å². The van der Waals surface area contributed by atoms with Gasteiger partial charge in [-0.05, 0) is 48.9 Å². The zero-order valence-corrected chi connectivity index (χ0v) is 22.3. The fourth-order valence-corrected chi connectivity index (χ4v) is 8.60. The molecule has 2 fully saturated rings. The van der Waals surface area contributed by atoms with Crippen molar-refractivity contribution >= 4 is 65.6 Å². The number of morpholine rings is 1. The molecule has 0 saturated carbocycles. The van der Waals surface area contributed by atoms with Gasteiger partial charge in [0, 0.05) is 37.7 Å². The Labute approximate surface area is 218 Å². The van der Waals surface area contributed by atoms with Crippen molar-refractivity contribution in [1.82, 2.24) is 14.2 Å². The summed E-state index contributed by atoms with van der Waals surface area (Å²) >= 11 is 8.76. The summed E-state index contributed by atoms with van der Waals surface area (Å²) in [6.07, 6.45) is 1.91. The summed E-state index contributed by atoms with van der Waals surface area (Å²) in [5.41, 5.74) is 0.773.